The number of carbonyl (C=O) groups excluding carboxylic acids is 1. The molecular formula is C18H16N2O4S. The van der Waals surface area contributed by atoms with Crippen LogP contribution in [0.3, 0.4) is 0 Å². The number of rotatable bonds is 2. The summed E-state index contributed by atoms with van der Waals surface area (Å²) in [5, 5.41) is 0. The van der Waals surface area contributed by atoms with Crippen LogP contribution in [0.5, 0.6) is 17.2 Å². The van der Waals surface area contributed by atoms with Gasteiger partial charge in [-0.3, -0.25) is 4.79 Å². The Morgan fingerprint density at radius 2 is 2.04 bits per heavy atom. The molecule has 1 atom stereocenters. The number of para-hydroxylation sites is 3. The third-order valence-electron chi connectivity index (χ3n) is 4.00. The highest BCUT2D eigenvalue weighted by molar-refractivity contribution is 7.16. The molecule has 0 saturated heterocycles. The lowest BCUT2D eigenvalue weighted by atomic mass is 10.2. The van der Waals surface area contributed by atoms with Crippen LogP contribution >= 0.6 is 11.3 Å². The minimum Gasteiger partial charge on any atom is -0.495 e. The predicted molar refractivity (Wildman–Crippen MR) is 94.3 cm³/mol. The lowest BCUT2D eigenvalue weighted by molar-refractivity contribution is -0.127. The van der Waals surface area contributed by atoms with Crippen LogP contribution in [0.2, 0.25) is 0 Å². The van der Waals surface area contributed by atoms with Gasteiger partial charge < -0.3 is 18.8 Å². The number of aromatic nitrogens is 1. The summed E-state index contributed by atoms with van der Waals surface area (Å²) < 4.78 is 19.6. The van der Waals surface area contributed by atoms with Crippen molar-refractivity contribution in [3.05, 3.63) is 47.3 Å². The summed E-state index contributed by atoms with van der Waals surface area (Å²) in [5.41, 5.74) is 0.910. The zero-order chi connectivity index (χ0) is 17.4. The normalized spacial score (nSPS) is 16.9. The Morgan fingerprint density at radius 1 is 1.24 bits per heavy atom. The van der Waals surface area contributed by atoms with E-state index in [9.17, 15) is 4.79 Å². The van der Waals surface area contributed by atoms with Gasteiger partial charge in [0.05, 0.1) is 11.8 Å². The number of fused-ring (bicyclic) bond motifs is 2. The minimum absolute atomic E-state index is 0.150. The van der Waals surface area contributed by atoms with E-state index in [1.54, 1.807) is 13.2 Å². The molecule has 6 nitrogen and oxygen atoms in total. The summed E-state index contributed by atoms with van der Waals surface area (Å²) in [7, 11) is 3.49. The van der Waals surface area contributed by atoms with Crippen LogP contribution in [-0.4, -0.2) is 30.3 Å². The smallest absolute Gasteiger partial charge is 0.292 e. The molecule has 25 heavy (non-hydrogen) atoms. The van der Waals surface area contributed by atoms with Gasteiger partial charge in [-0.05, 0) is 24.3 Å². The summed E-state index contributed by atoms with van der Waals surface area (Å²) in [6.45, 7) is 0.150. The van der Waals surface area contributed by atoms with E-state index in [0.29, 0.717) is 16.3 Å². The van der Waals surface area contributed by atoms with Crippen LogP contribution in [0.25, 0.3) is 10.2 Å². The highest BCUT2D eigenvalue weighted by atomic mass is 32.1. The van der Waals surface area contributed by atoms with E-state index in [0.717, 1.165) is 16.0 Å². The Morgan fingerprint density at radius 3 is 2.84 bits per heavy atom. The summed E-state index contributed by atoms with van der Waals surface area (Å²) in [6.07, 6.45) is -0.748. The van der Waals surface area contributed by atoms with Gasteiger partial charge in [-0.15, -0.1) is 0 Å². The Kier molecular flexibility index (Phi) is 3.93. The van der Waals surface area contributed by atoms with E-state index < -0.39 is 6.10 Å². The Balaban J connectivity index is 1.69. The predicted octanol–water partition coefficient (Wildman–Crippen LogP) is 2.52. The molecule has 0 unspecified atom stereocenters. The molecule has 0 bridgehead atoms. The van der Waals surface area contributed by atoms with E-state index in [1.165, 1.54) is 11.3 Å². The third kappa shape index (κ3) is 2.76. The minimum atomic E-state index is -0.748. The highest BCUT2D eigenvalue weighted by Gasteiger charge is 2.27. The van der Waals surface area contributed by atoms with Crippen LogP contribution in [0.15, 0.2) is 47.5 Å². The van der Waals surface area contributed by atoms with Crippen molar-refractivity contribution in [2.24, 2.45) is 12.0 Å². The van der Waals surface area contributed by atoms with Gasteiger partial charge in [-0.1, -0.05) is 29.5 Å². The Bertz CT molecular complexity index is 1020. The largest absolute Gasteiger partial charge is 0.495 e. The van der Waals surface area contributed by atoms with E-state index in [4.69, 9.17) is 14.2 Å². The molecule has 2 heterocycles. The van der Waals surface area contributed by atoms with Gasteiger partial charge in [0, 0.05) is 7.05 Å². The molecule has 1 amide bonds. The number of aryl methyl sites for hydroxylation is 1. The number of hydrogen-bond donors (Lipinski definition) is 0. The van der Waals surface area contributed by atoms with Crippen LogP contribution in [0.4, 0.5) is 0 Å². The number of hydrogen-bond acceptors (Lipinski definition) is 5. The topological polar surface area (TPSA) is 62.1 Å². The van der Waals surface area contributed by atoms with Crippen molar-refractivity contribution < 1.29 is 19.0 Å². The molecule has 0 saturated carbocycles. The first-order valence-corrected chi connectivity index (χ1v) is 8.58. The van der Waals surface area contributed by atoms with Gasteiger partial charge in [0.15, 0.2) is 16.3 Å². The van der Waals surface area contributed by atoms with Gasteiger partial charge in [-0.25, -0.2) is 0 Å². The van der Waals surface area contributed by atoms with Gasteiger partial charge in [0.25, 0.3) is 5.91 Å². The maximum absolute atomic E-state index is 12.6. The molecule has 7 heteroatoms. The molecule has 1 aromatic heterocycles. The molecule has 2 aromatic carbocycles. The van der Waals surface area contributed by atoms with Crippen molar-refractivity contribution in [2.75, 3.05) is 13.7 Å². The van der Waals surface area contributed by atoms with Gasteiger partial charge in [0.1, 0.15) is 17.9 Å². The lowest BCUT2D eigenvalue weighted by Crippen LogP contribution is -2.36. The molecule has 1 aliphatic rings. The Hall–Kier alpha value is -2.80. The molecule has 0 fully saturated rings. The maximum atomic E-state index is 12.6. The van der Waals surface area contributed by atoms with Crippen LogP contribution in [-0.2, 0) is 11.8 Å². The number of ether oxygens (including phenoxy) is 3. The SMILES string of the molecule is COc1cccc2sc(=NC(=O)[C@H]3COc4ccccc4O3)n(C)c12. The van der Waals surface area contributed by atoms with Gasteiger partial charge in [0.2, 0.25) is 6.10 Å². The van der Waals surface area contributed by atoms with Crippen molar-refractivity contribution in [2.45, 2.75) is 6.10 Å². The summed E-state index contributed by atoms with van der Waals surface area (Å²) in [5.74, 6) is 1.58. The second-order valence-corrected chi connectivity index (χ2v) is 6.57. The van der Waals surface area contributed by atoms with Crippen molar-refractivity contribution >= 4 is 27.5 Å². The van der Waals surface area contributed by atoms with E-state index in [1.807, 2.05) is 48.0 Å². The zero-order valence-corrected chi connectivity index (χ0v) is 14.6. The fourth-order valence-electron chi connectivity index (χ4n) is 2.75. The molecule has 1 aliphatic heterocycles. The summed E-state index contributed by atoms with van der Waals surface area (Å²) >= 11 is 1.43. The third-order valence-corrected chi connectivity index (χ3v) is 5.09. The van der Waals surface area contributed by atoms with Crippen molar-refractivity contribution in [1.29, 1.82) is 0 Å². The molecule has 0 N–H and O–H groups in total. The molecule has 0 spiro atoms. The van der Waals surface area contributed by atoms with Crippen LogP contribution in [0, 0.1) is 0 Å². The van der Waals surface area contributed by atoms with E-state index >= 15 is 0 Å². The molecule has 3 aromatic rings. The quantitative estimate of drug-likeness (QED) is 0.708. The number of methoxy groups -OCH3 is 1. The number of benzene rings is 2. The van der Waals surface area contributed by atoms with E-state index in [-0.39, 0.29) is 12.5 Å². The zero-order valence-electron chi connectivity index (χ0n) is 13.8. The Labute approximate surface area is 147 Å². The first kappa shape index (κ1) is 15.7. The second-order valence-electron chi connectivity index (χ2n) is 5.56. The number of amides is 1. The molecular weight excluding hydrogens is 340 g/mol. The number of carbonyl (C=O) groups is 1. The van der Waals surface area contributed by atoms with Gasteiger partial charge >= 0.3 is 0 Å². The van der Waals surface area contributed by atoms with Crippen LogP contribution < -0.4 is 19.0 Å². The first-order chi connectivity index (χ1) is 12.2. The molecule has 0 radical (unpaired) electrons. The monoisotopic (exact) mass is 356 g/mol. The van der Waals surface area contributed by atoms with Crippen molar-refractivity contribution in [3.8, 4) is 17.2 Å². The molecule has 128 valence electrons. The van der Waals surface area contributed by atoms with Crippen molar-refractivity contribution in [3.63, 3.8) is 0 Å². The summed E-state index contributed by atoms with van der Waals surface area (Å²) in [6, 6.07) is 13.1. The average molecular weight is 356 g/mol. The van der Waals surface area contributed by atoms with Crippen LogP contribution in [0.1, 0.15) is 0 Å². The fourth-order valence-corrected chi connectivity index (χ4v) is 3.79. The summed E-state index contributed by atoms with van der Waals surface area (Å²) in [4.78, 5) is 17.4. The number of nitrogens with zero attached hydrogens (tertiary/aromatic N) is 2. The number of thiazole rings is 1. The second kappa shape index (κ2) is 6.25. The standard InChI is InChI=1S/C18H16N2O4S/c1-20-16-13(22-2)8-5-9-15(16)25-18(20)19-17(21)14-10-23-11-6-3-4-7-12(11)24-14/h3-9,14H,10H2,1-2H3/t14-/m1/s1. The van der Waals surface area contributed by atoms with Crippen molar-refractivity contribution in [1.82, 2.24) is 4.57 Å². The van der Waals surface area contributed by atoms with Gasteiger partial charge in [-0.2, -0.15) is 4.99 Å². The molecule has 0 aliphatic carbocycles. The first-order valence-electron chi connectivity index (χ1n) is 7.77. The highest BCUT2D eigenvalue weighted by Crippen LogP contribution is 2.31. The molecule has 4 rings (SSSR count). The average Bonchev–Trinajstić information content (AvgIpc) is 2.97. The van der Waals surface area contributed by atoms with E-state index in [2.05, 4.69) is 4.99 Å². The lowest BCUT2D eigenvalue weighted by Gasteiger charge is -2.23. The maximum Gasteiger partial charge on any atom is 0.292 e. The fraction of sp³-hybridized carbons (Fsp3) is 0.222.